The highest BCUT2D eigenvalue weighted by Gasteiger charge is 2.24. The molecule has 0 bridgehead atoms. The lowest BCUT2D eigenvalue weighted by molar-refractivity contribution is -0.132. The largest absolute Gasteiger partial charge is 0.342 e. The summed E-state index contributed by atoms with van der Waals surface area (Å²) >= 11 is 0. The molecule has 0 spiro atoms. The monoisotopic (exact) mass is 323 g/mol. The predicted molar refractivity (Wildman–Crippen MR) is 91.5 cm³/mol. The van der Waals surface area contributed by atoms with Crippen molar-refractivity contribution >= 4 is 16.9 Å². The molecule has 6 nitrogen and oxygen atoms in total. The normalized spacial score (nSPS) is 18.2. The number of imidazole rings is 1. The fourth-order valence-corrected chi connectivity index (χ4v) is 3.40. The van der Waals surface area contributed by atoms with E-state index in [0.29, 0.717) is 18.9 Å². The van der Waals surface area contributed by atoms with Crippen LogP contribution in [0.3, 0.4) is 0 Å². The van der Waals surface area contributed by atoms with Crippen LogP contribution < -0.4 is 0 Å². The molecular formula is C18H21N5O. The van der Waals surface area contributed by atoms with Crippen molar-refractivity contribution in [2.45, 2.75) is 31.7 Å². The number of aromatic nitrogens is 4. The van der Waals surface area contributed by atoms with Crippen molar-refractivity contribution < 1.29 is 4.79 Å². The number of benzene rings is 1. The third-order valence-electron chi connectivity index (χ3n) is 4.66. The van der Waals surface area contributed by atoms with Gasteiger partial charge in [0, 0.05) is 38.3 Å². The summed E-state index contributed by atoms with van der Waals surface area (Å²) in [5.74, 6) is 1.08. The highest BCUT2D eigenvalue weighted by molar-refractivity contribution is 5.77. The Balaban J connectivity index is 1.37. The number of hydrogen-bond donors (Lipinski definition) is 1. The Bertz CT molecular complexity index is 790. The van der Waals surface area contributed by atoms with Gasteiger partial charge in [-0.2, -0.15) is 5.10 Å². The van der Waals surface area contributed by atoms with Gasteiger partial charge in [0.15, 0.2) is 0 Å². The molecule has 0 saturated carbocycles. The van der Waals surface area contributed by atoms with Crippen molar-refractivity contribution in [3.63, 3.8) is 0 Å². The molecule has 1 amide bonds. The Labute approximate surface area is 140 Å². The van der Waals surface area contributed by atoms with E-state index in [1.807, 2.05) is 46.1 Å². The summed E-state index contributed by atoms with van der Waals surface area (Å²) in [4.78, 5) is 22.4. The Morgan fingerprint density at radius 1 is 1.29 bits per heavy atom. The first kappa shape index (κ1) is 14.9. The van der Waals surface area contributed by atoms with Crippen molar-refractivity contribution in [1.29, 1.82) is 0 Å². The zero-order valence-electron chi connectivity index (χ0n) is 13.6. The Hall–Kier alpha value is -2.63. The number of para-hydroxylation sites is 2. The van der Waals surface area contributed by atoms with E-state index >= 15 is 0 Å². The Morgan fingerprint density at radius 2 is 2.21 bits per heavy atom. The molecule has 1 aliphatic heterocycles. The van der Waals surface area contributed by atoms with Gasteiger partial charge in [0.2, 0.25) is 5.91 Å². The van der Waals surface area contributed by atoms with E-state index in [1.165, 1.54) is 0 Å². The van der Waals surface area contributed by atoms with Crippen LogP contribution in [0.15, 0.2) is 42.7 Å². The molecule has 1 aromatic carbocycles. The summed E-state index contributed by atoms with van der Waals surface area (Å²) in [6.07, 6.45) is 7.02. The van der Waals surface area contributed by atoms with Gasteiger partial charge in [-0.3, -0.25) is 9.48 Å². The van der Waals surface area contributed by atoms with Crippen molar-refractivity contribution in [3.05, 3.63) is 48.5 Å². The number of H-pyrrole nitrogens is 1. The number of nitrogens with one attached hydrogen (secondary N) is 1. The van der Waals surface area contributed by atoms with Gasteiger partial charge >= 0.3 is 0 Å². The van der Waals surface area contributed by atoms with Gasteiger partial charge in [-0.15, -0.1) is 0 Å². The number of aromatic amines is 1. The van der Waals surface area contributed by atoms with Crippen molar-refractivity contribution in [2.75, 3.05) is 13.1 Å². The van der Waals surface area contributed by atoms with Gasteiger partial charge in [0.1, 0.15) is 5.82 Å². The number of nitrogens with zero attached hydrogens (tertiary/aromatic N) is 4. The zero-order chi connectivity index (χ0) is 16.4. The lowest BCUT2D eigenvalue weighted by atomic mass is 10.1. The molecule has 2 aromatic heterocycles. The second-order valence-electron chi connectivity index (χ2n) is 6.32. The number of carbonyl (C=O) groups excluding carboxylic acids is 1. The molecule has 1 atom stereocenters. The molecule has 24 heavy (non-hydrogen) atoms. The van der Waals surface area contributed by atoms with Crippen molar-refractivity contribution in [1.82, 2.24) is 24.6 Å². The summed E-state index contributed by atoms with van der Waals surface area (Å²) in [6, 6.07) is 10.2. The second kappa shape index (κ2) is 6.47. The molecular weight excluding hydrogens is 302 g/mol. The topological polar surface area (TPSA) is 66.8 Å². The van der Waals surface area contributed by atoms with E-state index < -0.39 is 0 Å². The number of amides is 1. The third-order valence-corrected chi connectivity index (χ3v) is 4.66. The maximum absolute atomic E-state index is 12.6. The highest BCUT2D eigenvalue weighted by atomic mass is 16.2. The standard InChI is InChI=1S/C18H21N5O/c24-18(9-8-17-20-15-6-1-2-7-16(15)21-17)22-11-3-5-14(13-22)23-12-4-10-19-23/h1-2,4,6-7,10,12,14H,3,5,8-9,11,13H2,(H,20,21)/t14-/m0/s1. The van der Waals surface area contributed by atoms with Crippen molar-refractivity contribution in [2.24, 2.45) is 0 Å². The van der Waals surface area contributed by atoms with Gasteiger partial charge in [0.05, 0.1) is 17.1 Å². The number of fused-ring (bicyclic) bond motifs is 1. The summed E-state index contributed by atoms with van der Waals surface area (Å²) in [7, 11) is 0. The number of hydrogen-bond acceptors (Lipinski definition) is 3. The second-order valence-corrected chi connectivity index (χ2v) is 6.32. The Kier molecular flexibility index (Phi) is 4.02. The lowest BCUT2D eigenvalue weighted by Crippen LogP contribution is -2.41. The summed E-state index contributed by atoms with van der Waals surface area (Å²) in [6.45, 7) is 1.59. The van der Waals surface area contributed by atoms with Gasteiger partial charge in [-0.1, -0.05) is 12.1 Å². The van der Waals surface area contributed by atoms with Gasteiger partial charge < -0.3 is 9.88 Å². The van der Waals surface area contributed by atoms with E-state index in [1.54, 1.807) is 6.20 Å². The summed E-state index contributed by atoms with van der Waals surface area (Å²) in [5, 5.41) is 4.32. The van der Waals surface area contributed by atoms with E-state index in [4.69, 9.17) is 0 Å². The first-order valence-corrected chi connectivity index (χ1v) is 8.50. The smallest absolute Gasteiger partial charge is 0.223 e. The van der Waals surface area contributed by atoms with Gasteiger partial charge in [0.25, 0.3) is 0 Å². The van der Waals surface area contributed by atoms with E-state index in [9.17, 15) is 4.79 Å². The lowest BCUT2D eigenvalue weighted by Gasteiger charge is -2.33. The molecule has 124 valence electrons. The van der Waals surface area contributed by atoms with Gasteiger partial charge in [-0.25, -0.2) is 4.98 Å². The van der Waals surface area contributed by atoms with Crippen LogP contribution in [0.1, 0.15) is 31.1 Å². The van der Waals surface area contributed by atoms with Crippen LogP contribution in [-0.2, 0) is 11.2 Å². The van der Waals surface area contributed by atoms with E-state index in [0.717, 1.165) is 42.8 Å². The summed E-state index contributed by atoms with van der Waals surface area (Å²) < 4.78 is 1.97. The van der Waals surface area contributed by atoms with Gasteiger partial charge in [-0.05, 0) is 31.0 Å². The zero-order valence-corrected chi connectivity index (χ0v) is 13.6. The van der Waals surface area contributed by atoms with Crippen LogP contribution in [0.2, 0.25) is 0 Å². The maximum Gasteiger partial charge on any atom is 0.223 e. The molecule has 0 unspecified atom stereocenters. The average molecular weight is 323 g/mol. The molecule has 1 N–H and O–H groups in total. The van der Waals surface area contributed by atoms with Crippen LogP contribution in [0.4, 0.5) is 0 Å². The molecule has 1 saturated heterocycles. The predicted octanol–water partition coefficient (Wildman–Crippen LogP) is 2.56. The third kappa shape index (κ3) is 3.04. The molecule has 1 fully saturated rings. The molecule has 3 heterocycles. The number of rotatable bonds is 4. The van der Waals surface area contributed by atoms with Crippen LogP contribution in [-0.4, -0.2) is 43.6 Å². The molecule has 0 aliphatic carbocycles. The molecule has 1 aliphatic rings. The minimum atomic E-state index is 0.201. The van der Waals surface area contributed by atoms with Crippen LogP contribution in [0.25, 0.3) is 11.0 Å². The number of likely N-dealkylation sites (tertiary alicyclic amines) is 1. The van der Waals surface area contributed by atoms with Crippen LogP contribution in [0, 0.1) is 0 Å². The number of aryl methyl sites for hydroxylation is 1. The first-order valence-electron chi connectivity index (χ1n) is 8.50. The average Bonchev–Trinajstić information content (AvgIpc) is 3.29. The van der Waals surface area contributed by atoms with E-state index in [-0.39, 0.29) is 5.91 Å². The van der Waals surface area contributed by atoms with Crippen molar-refractivity contribution in [3.8, 4) is 0 Å². The molecule has 6 heteroatoms. The first-order chi connectivity index (χ1) is 11.8. The fourth-order valence-electron chi connectivity index (χ4n) is 3.40. The minimum Gasteiger partial charge on any atom is -0.342 e. The van der Waals surface area contributed by atoms with E-state index in [2.05, 4.69) is 15.1 Å². The number of piperidine rings is 1. The molecule has 4 rings (SSSR count). The quantitative estimate of drug-likeness (QED) is 0.802. The Morgan fingerprint density at radius 3 is 3.04 bits per heavy atom. The molecule has 0 radical (unpaired) electrons. The minimum absolute atomic E-state index is 0.201. The van der Waals surface area contributed by atoms with Crippen LogP contribution >= 0.6 is 0 Å². The fraction of sp³-hybridized carbons (Fsp3) is 0.389. The highest BCUT2D eigenvalue weighted by Crippen LogP contribution is 2.21. The summed E-state index contributed by atoms with van der Waals surface area (Å²) in [5.41, 5.74) is 1.98. The SMILES string of the molecule is O=C(CCc1nc2ccccc2[nH]1)N1CCC[C@H](n2cccn2)C1. The molecule has 3 aromatic rings. The number of carbonyl (C=O) groups is 1. The maximum atomic E-state index is 12.6. The van der Waals surface area contributed by atoms with Crippen LogP contribution in [0.5, 0.6) is 0 Å².